The third kappa shape index (κ3) is 0.564. The van der Waals surface area contributed by atoms with Crippen LogP contribution in [0.4, 0.5) is 0 Å². The molecule has 58 valence electrons. The van der Waals surface area contributed by atoms with Crippen LogP contribution in [0.2, 0.25) is 0 Å². The molecule has 0 spiro atoms. The molecule has 3 rings (SSSR count). The first kappa shape index (κ1) is 6.01. The molecule has 3 aliphatic rings. The summed E-state index contributed by atoms with van der Waals surface area (Å²) in [5, 5.41) is 3.46. The maximum absolute atomic E-state index is 4.17. The Morgan fingerprint density at radius 2 is 1.73 bits per heavy atom. The molecule has 0 aromatic rings. The van der Waals surface area contributed by atoms with Gasteiger partial charge in [-0.3, -0.25) is 0 Å². The standard InChI is InChI=1S/C10H13N/c1-6-7-2-3-8(6)10-5-11-4-9(7)10/h2-3,7-11H,1,4-5H2/t7-,8?,9?,10?/m0/s1. The molecule has 11 heavy (non-hydrogen) atoms. The maximum Gasteiger partial charge on any atom is 0.00241 e. The molecule has 1 heterocycles. The van der Waals surface area contributed by atoms with Crippen molar-refractivity contribution >= 4 is 0 Å². The lowest BCUT2D eigenvalue weighted by atomic mass is 9.86. The predicted octanol–water partition coefficient (Wildman–Crippen LogP) is 1.19. The zero-order chi connectivity index (χ0) is 7.42. The van der Waals surface area contributed by atoms with Crippen LogP contribution in [-0.4, -0.2) is 13.1 Å². The Kier molecular flexibility index (Phi) is 0.972. The summed E-state index contributed by atoms with van der Waals surface area (Å²) in [6, 6.07) is 0. The lowest BCUT2D eigenvalue weighted by Gasteiger charge is -2.17. The van der Waals surface area contributed by atoms with Gasteiger partial charge in [-0.1, -0.05) is 24.3 Å². The molecule has 3 unspecified atom stereocenters. The van der Waals surface area contributed by atoms with Crippen molar-refractivity contribution in [2.24, 2.45) is 23.7 Å². The number of fused-ring (bicyclic) bond motifs is 5. The van der Waals surface area contributed by atoms with Gasteiger partial charge < -0.3 is 5.32 Å². The van der Waals surface area contributed by atoms with E-state index in [1.807, 2.05) is 0 Å². The van der Waals surface area contributed by atoms with Gasteiger partial charge in [0.25, 0.3) is 0 Å². The Morgan fingerprint density at radius 1 is 1.18 bits per heavy atom. The van der Waals surface area contributed by atoms with E-state index in [0.29, 0.717) is 0 Å². The van der Waals surface area contributed by atoms with Crippen LogP contribution in [-0.2, 0) is 0 Å². The van der Waals surface area contributed by atoms with Crippen LogP contribution in [0, 0.1) is 23.7 Å². The fourth-order valence-corrected chi connectivity index (χ4v) is 3.05. The van der Waals surface area contributed by atoms with Gasteiger partial charge in [-0.25, -0.2) is 0 Å². The highest BCUT2D eigenvalue weighted by molar-refractivity contribution is 5.34. The first-order chi connectivity index (χ1) is 5.38. The van der Waals surface area contributed by atoms with Crippen molar-refractivity contribution < 1.29 is 0 Å². The molecule has 1 saturated carbocycles. The van der Waals surface area contributed by atoms with Crippen LogP contribution < -0.4 is 5.32 Å². The molecular weight excluding hydrogens is 134 g/mol. The van der Waals surface area contributed by atoms with Crippen molar-refractivity contribution in [1.29, 1.82) is 0 Å². The highest BCUT2D eigenvalue weighted by atomic mass is 14.9. The summed E-state index contributed by atoms with van der Waals surface area (Å²) in [4.78, 5) is 0. The Bertz CT molecular complexity index is 219. The molecule has 1 aliphatic heterocycles. The van der Waals surface area contributed by atoms with Crippen molar-refractivity contribution in [3.63, 3.8) is 0 Å². The van der Waals surface area contributed by atoms with E-state index in [1.165, 1.54) is 18.7 Å². The van der Waals surface area contributed by atoms with Crippen LogP contribution >= 0.6 is 0 Å². The van der Waals surface area contributed by atoms with Crippen molar-refractivity contribution in [1.82, 2.24) is 5.32 Å². The maximum atomic E-state index is 4.17. The van der Waals surface area contributed by atoms with Crippen molar-refractivity contribution in [3.8, 4) is 0 Å². The van der Waals surface area contributed by atoms with E-state index < -0.39 is 0 Å². The topological polar surface area (TPSA) is 12.0 Å². The van der Waals surface area contributed by atoms with E-state index in [-0.39, 0.29) is 0 Å². The van der Waals surface area contributed by atoms with E-state index in [0.717, 1.165) is 23.7 Å². The van der Waals surface area contributed by atoms with Gasteiger partial charge in [0, 0.05) is 11.8 Å². The second-order valence-corrected chi connectivity index (χ2v) is 4.00. The first-order valence-corrected chi connectivity index (χ1v) is 4.45. The number of nitrogens with one attached hydrogen (secondary N) is 1. The smallest absolute Gasteiger partial charge is 0.00241 e. The van der Waals surface area contributed by atoms with E-state index in [1.54, 1.807) is 0 Å². The minimum atomic E-state index is 0.722. The van der Waals surface area contributed by atoms with Crippen LogP contribution in [0.1, 0.15) is 0 Å². The van der Waals surface area contributed by atoms with E-state index >= 15 is 0 Å². The molecule has 1 N–H and O–H groups in total. The molecule has 1 heteroatoms. The fraction of sp³-hybridized carbons (Fsp3) is 0.600. The predicted molar refractivity (Wildman–Crippen MR) is 45.1 cm³/mol. The van der Waals surface area contributed by atoms with Crippen LogP contribution in [0.3, 0.4) is 0 Å². The normalized spacial score (nSPS) is 52.2. The minimum Gasteiger partial charge on any atom is -0.316 e. The highest BCUT2D eigenvalue weighted by Gasteiger charge is 2.48. The second-order valence-electron chi connectivity index (χ2n) is 4.00. The summed E-state index contributed by atoms with van der Waals surface area (Å²) in [5.74, 6) is 3.22. The third-order valence-electron chi connectivity index (χ3n) is 3.61. The largest absolute Gasteiger partial charge is 0.316 e. The lowest BCUT2D eigenvalue weighted by molar-refractivity contribution is 0.395. The SMILES string of the molecule is C=C1C2C=C[C@@H]1C1CNCC21. The summed E-state index contributed by atoms with van der Waals surface area (Å²) in [6.07, 6.45) is 4.72. The van der Waals surface area contributed by atoms with Crippen molar-refractivity contribution in [2.75, 3.05) is 13.1 Å². The number of rotatable bonds is 0. The number of hydrogen-bond acceptors (Lipinski definition) is 1. The van der Waals surface area contributed by atoms with Crippen LogP contribution in [0.5, 0.6) is 0 Å². The van der Waals surface area contributed by atoms with Gasteiger partial charge in [0.1, 0.15) is 0 Å². The molecule has 2 bridgehead atoms. The Balaban J connectivity index is 2.05. The van der Waals surface area contributed by atoms with Gasteiger partial charge in [0.2, 0.25) is 0 Å². The summed E-state index contributed by atoms with van der Waals surface area (Å²) >= 11 is 0. The summed E-state index contributed by atoms with van der Waals surface area (Å²) < 4.78 is 0. The monoisotopic (exact) mass is 147 g/mol. The Morgan fingerprint density at radius 3 is 2.27 bits per heavy atom. The molecule has 1 nitrogen and oxygen atoms in total. The highest BCUT2D eigenvalue weighted by Crippen LogP contribution is 2.52. The quantitative estimate of drug-likeness (QED) is 0.507. The first-order valence-electron chi connectivity index (χ1n) is 4.45. The molecule has 1 saturated heterocycles. The molecule has 2 aliphatic carbocycles. The van der Waals surface area contributed by atoms with Gasteiger partial charge in [-0.15, -0.1) is 0 Å². The zero-order valence-electron chi connectivity index (χ0n) is 6.59. The van der Waals surface area contributed by atoms with Crippen LogP contribution in [0.25, 0.3) is 0 Å². The summed E-state index contributed by atoms with van der Waals surface area (Å²) in [5.41, 5.74) is 1.49. The molecule has 0 amide bonds. The van der Waals surface area contributed by atoms with Gasteiger partial charge >= 0.3 is 0 Å². The third-order valence-corrected chi connectivity index (χ3v) is 3.61. The summed E-state index contributed by atoms with van der Waals surface area (Å²) in [6.45, 7) is 6.61. The molecule has 2 fully saturated rings. The zero-order valence-corrected chi connectivity index (χ0v) is 6.59. The van der Waals surface area contributed by atoms with Crippen molar-refractivity contribution in [3.05, 3.63) is 24.3 Å². The van der Waals surface area contributed by atoms with Gasteiger partial charge in [-0.2, -0.15) is 0 Å². The number of hydrogen-bond donors (Lipinski definition) is 1. The molecule has 0 aromatic heterocycles. The van der Waals surface area contributed by atoms with Crippen molar-refractivity contribution in [2.45, 2.75) is 0 Å². The molecule has 0 aromatic carbocycles. The molecule has 0 radical (unpaired) electrons. The number of allylic oxidation sites excluding steroid dienone is 3. The fourth-order valence-electron chi connectivity index (χ4n) is 3.05. The summed E-state index contributed by atoms with van der Waals surface area (Å²) in [7, 11) is 0. The van der Waals surface area contributed by atoms with Gasteiger partial charge in [0.05, 0.1) is 0 Å². The molecule has 4 atom stereocenters. The molecular formula is C10H13N. The Labute approximate surface area is 67.2 Å². The second kappa shape index (κ2) is 1.78. The van der Waals surface area contributed by atoms with Gasteiger partial charge in [0.15, 0.2) is 0 Å². The minimum absolute atomic E-state index is 0.722. The average Bonchev–Trinajstić information content (AvgIpc) is 2.61. The van der Waals surface area contributed by atoms with Crippen LogP contribution in [0.15, 0.2) is 24.3 Å². The Hall–Kier alpha value is -0.560. The lowest BCUT2D eigenvalue weighted by Crippen LogP contribution is -2.16. The van der Waals surface area contributed by atoms with E-state index in [4.69, 9.17) is 0 Å². The average molecular weight is 147 g/mol. The van der Waals surface area contributed by atoms with E-state index in [2.05, 4.69) is 24.0 Å². The van der Waals surface area contributed by atoms with E-state index in [9.17, 15) is 0 Å². The van der Waals surface area contributed by atoms with Gasteiger partial charge in [-0.05, 0) is 24.9 Å².